The molecule has 3 aliphatic heterocycles. The van der Waals surface area contributed by atoms with Gasteiger partial charge in [0, 0.05) is 19.6 Å². The van der Waals surface area contributed by atoms with Gasteiger partial charge in [-0.25, -0.2) is 8.42 Å². The minimum absolute atomic E-state index is 0. The number of hydrogen-bond acceptors (Lipinski definition) is 4. The van der Waals surface area contributed by atoms with E-state index in [1.807, 2.05) is 4.90 Å². The highest BCUT2D eigenvalue weighted by Gasteiger charge is 2.34. The van der Waals surface area contributed by atoms with Crippen molar-refractivity contribution in [3.05, 3.63) is 0 Å². The van der Waals surface area contributed by atoms with E-state index in [1.165, 1.54) is 4.31 Å². The molecule has 1 N–H and O–H groups in total. The second kappa shape index (κ2) is 6.81. The van der Waals surface area contributed by atoms with Crippen LogP contribution in [0.15, 0.2) is 0 Å². The van der Waals surface area contributed by atoms with Crippen LogP contribution in [0.1, 0.15) is 19.3 Å². The summed E-state index contributed by atoms with van der Waals surface area (Å²) in [6.07, 6.45) is 2.72. The minimum atomic E-state index is -3.17. The highest BCUT2D eigenvalue weighted by atomic mass is 35.5. The van der Waals surface area contributed by atoms with E-state index in [9.17, 15) is 13.2 Å². The number of rotatable bonds is 2. The summed E-state index contributed by atoms with van der Waals surface area (Å²) in [6.45, 7) is 4.21. The lowest BCUT2D eigenvalue weighted by molar-refractivity contribution is -0.131. The highest BCUT2D eigenvalue weighted by molar-refractivity contribution is 7.89. The molecule has 122 valence electrons. The number of carbonyl (C=O) groups is 1. The number of nitrogens with zero attached hydrogens (tertiary/aromatic N) is 2. The molecular formula is C13H24ClN3O3S. The van der Waals surface area contributed by atoms with Crippen LogP contribution in [0.2, 0.25) is 0 Å². The van der Waals surface area contributed by atoms with Crippen molar-refractivity contribution in [3.63, 3.8) is 0 Å². The quantitative estimate of drug-likeness (QED) is 0.764. The van der Waals surface area contributed by atoms with Crippen LogP contribution in [0.4, 0.5) is 0 Å². The molecule has 0 spiro atoms. The van der Waals surface area contributed by atoms with E-state index in [-0.39, 0.29) is 30.6 Å². The molecule has 0 radical (unpaired) electrons. The first kappa shape index (κ1) is 17.0. The summed E-state index contributed by atoms with van der Waals surface area (Å²) < 4.78 is 24.9. The van der Waals surface area contributed by atoms with Gasteiger partial charge in [0.25, 0.3) is 0 Å². The standard InChI is InChI=1S/C13H23N3O3S.ClH/c17-13(10-16-4-1-7-20(16,18)19)15-5-2-11-8-14-9-12(11)3-6-15;/h11-12,14H,1-10H2;1H/t11-,12+;. The number of sulfonamides is 1. The summed E-state index contributed by atoms with van der Waals surface area (Å²) in [4.78, 5) is 14.2. The molecule has 0 aliphatic carbocycles. The molecule has 3 fully saturated rings. The van der Waals surface area contributed by atoms with Gasteiger partial charge in [0.2, 0.25) is 15.9 Å². The van der Waals surface area contributed by atoms with Crippen LogP contribution < -0.4 is 5.32 Å². The monoisotopic (exact) mass is 337 g/mol. The van der Waals surface area contributed by atoms with E-state index < -0.39 is 10.0 Å². The van der Waals surface area contributed by atoms with Crippen molar-refractivity contribution < 1.29 is 13.2 Å². The van der Waals surface area contributed by atoms with Gasteiger partial charge in [0.05, 0.1) is 12.3 Å². The largest absolute Gasteiger partial charge is 0.342 e. The Labute approximate surface area is 132 Å². The molecule has 3 rings (SSSR count). The SMILES string of the molecule is Cl.O=C(CN1CCCS1(=O)=O)N1CC[C@@H]2CNC[C@@H]2CC1. The third-order valence-electron chi connectivity index (χ3n) is 4.89. The van der Waals surface area contributed by atoms with E-state index in [1.54, 1.807) is 0 Å². The molecule has 6 nitrogen and oxygen atoms in total. The maximum atomic E-state index is 12.3. The minimum Gasteiger partial charge on any atom is -0.342 e. The summed E-state index contributed by atoms with van der Waals surface area (Å²) in [7, 11) is -3.17. The van der Waals surface area contributed by atoms with Crippen LogP contribution in [0.25, 0.3) is 0 Å². The summed E-state index contributed by atoms with van der Waals surface area (Å²) in [5, 5.41) is 3.41. The Morgan fingerprint density at radius 3 is 2.24 bits per heavy atom. The van der Waals surface area contributed by atoms with Gasteiger partial charge in [0.1, 0.15) is 0 Å². The van der Waals surface area contributed by atoms with E-state index in [2.05, 4.69) is 5.32 Å². The average Bonchev–Trinajstić information content (AvgIpc) is 2.91. The van der Waals surface area contributed by atoms with Crippen LogP contribution in [0, 0.1) is 11.8 Å². The van der Waals surface area contributed by atoms with Crippen LogP contribution in [0.5, 0.6) is 0 Å². The first-order valence-electron chi connectivity index (χ1n) is 7.52. The molecule has 3 aliphatic rings. The predicted molar refractivity (Wildman–Crippen MR) is 82.9 cm³/mol. The molecule has 3 heterocycles. The van der Waals surface area contributed by atoms with Gasteiger partial charge >= 0.3 is 0 Å². The van der Waals surface area contributed by atoms with Crippen molar-refractivity contribution in [1.29, 1.82) is 0 Å². The average molecular weight is 338 g/mol. The number of carbonyl (C=O) groups excluding carboxylic acids is 1. The Kier molecular flexibility index (Phi) is 5.51. The molecule has 0 aromatic rings. The lowest BCUT2D eigenvalue weighted by Crippen LogP contribution is -2.41. The molecule has 0 saturated carbocycles. The fraction of sp³-hybridized carbons (Fsp3) is 0.923. The Morgan fingerprint density at radius 1 is 1.10 bits per heavy atom. The van der Waals surface area contributed by atoms with Crippen molar-refractivity contribution in [2.24, 2.45) is 11.8 Å². The maximum absolute atomic E-state index is 12.3. The van der Waals surface area contributed by atoms with Gasteiger partial charge in [-0.3, -0.25) is 4.79 Å². The zero-order valence-electron chi connectivity index (χ0n) is 12.2. The zero-order valence-corrected chi connectivity index (χ0v) is 13.8. The van der Waals surface area contributed by atoms with Gasteiger partial charge in [-0.2, -0.15) is 4.31 Å². The second-order valence-corrected chi connectivity index (χ2v) is 8.23. The van der Waals surface area contributed by atoms with Crippen LogP contribution in [0.3, 0.4) is 0 Å². The maximum Gasteiger partial charge on any atom is 0.237 e. The highest BCUT2D eigenvalue weighted by Crippen LogP contribution is 2.27. The Hall–Kier alpha value is -0.370. The Bertz CT molecular complexity index is 471. The fourth-order valence-electron chi connectivity index (χ4n) is 3.59. The molecule has 0 bridgehead atoms. The zero-order chi connectivity index (χ0) is 14.2. The molecular weight excluding hydrogens is 314 g/mol. The molecule has 3 saturated heterocycles. The second-order valence-electron chi connectivity index (χ2n) is 6.14. The van der Waals surface area contributed by atoms with Crippen molar-refractivity contribution in [2.45, 2.75) is 19.3 Å². The van der Waals surface area contributed by atoms with Crippen LogP contribution in [-0.2, 0) is 14.8 Å². The van der Waals surface area contributed by atoms with E-state index in [4.69, 9.17) is 0 Å². The van der Waals surface area contributed by atoms with Crippen molar-refractivity contribution in [1.82, 2.24) is 14.5 Å². The normalized spacial score (nSPS) is 32.3. The summed E-state index contributed by atoms with van der Waals surface area (Å²) >= 11 is 0. The Morgan fingerprint density at radius 2 is 1.71 bits per heavy atom. The Balaban J connectivity index is 0.00000161. The number of nitrogens with one attached hydrogen (secondary N) is 1. The summed E-state index contributed by atoms with van der Waals surface area (Å²) in [5.74, 6) is 1.53. The van der Waals surface area contributed by atoms with E-state index in [0.29, 0.717) is 24.8 Å². The van der Waals surface area contributed by atoms with E-state index >= 15 is 0 Å². The van der Waals surface area contributed by atoms with Gasteiger partial charge in [-0.1, -0.05) is 0 Å². The van der Waals surface area contributed by atoms with E-state index in [0.717, 1.165) is 39.0 Å². The van der Waals surface area contributed by atoms with Crippen LogP contribution in [-0.4, -0.2) is 68.6 Å². The van der Waals surface area contributed by atoms with Crippen molar-refractivity contribution in [2.75, 3.05) is 45.0 Å². The number of likely N-dealkylation sites (tertiary alicyclic amines) is 1. The third kappa shape index (κ3) is 3.70. The van der Waals surface area contributed by atoms with Gasteiger partial charge in [0.15, 0.2) is 0 Å². The van der Waals surface area contributed by atoms with Crippen LogP contribution >= 0.6 is 12.4 Å². The number of hydrogen-bond donors (Lipinski definition) is 1. The topological polar surface area (TPSA) is 69.7 Å². The molecule has 0 unspecified atom stereocenters. The lowest BCUT2D eigenvalue weighted by Gasteiger charge is -2.23. The van der Waals surface area contributed by atoms with Crippen molar-refractivity contribution >= 4 is 28.3 Å². The number of halogens is 1. The van der Waals surface area contributed by atoms with Gasteiger partial charge in [-0.15, -0.1) is 12.4 Å². The molecule has 21 heavy (non-hydrogen) atoms. The number of fused-ring (bicyclic) bond motifs is 1. The molecule has 8 heteroatoms. The third-order valence-corrected chi connectivity index (χ3v) is 6.79. The van der Waals surface area contributed by atoms with Gasteiger partial charge < -0.3 is 10.2 Å². The first-order valence-corrected chi connectivity index (χ1v) is 9.13. The summed E-state index contributed by atoms with van der Waals surface area (Å²) in [6, 6.07) is 0. The first-order chi connectivity index (χ1) is 9.56. The smallest absolute Gasteiger partial charge is 0.237 e. The fourth-order valence-corrected chi connectivity index (χ4v) is 5.05. The number of amides is 1. The molecule has 2 atom stereocenters. The molecule has 1 amide bonds. The summed E-state index contributed by atoms with van der Waals surface area (Å²) in [5.41, 5.74) is 0. The molecule has 0 aromatic heterocycles. The molecule has 0 aromatic carbocycles. The van der Waals surface area contributed by atoms with Crippen molar-refractivity contribution in [3.8, 4) is 0 Å². The van der Waals surface area contributed by atoms with Gasteiger partial charge in [-0.05, 0) is 44.2 Å². The predicted octanol–water partition coefficient (Wildman–Crippen LogP) is -0.0983. The lowest BCUT2D eigenvalue weighted by atomic mass is 9.92.